The van der Waals surface area contributed by atoms with Crippen LogP contribution in [-0.4, -0.2) is 86.6 Å². The Balaban J connectivity index is 0.00000272. The molecule has 1 aromatic rings. The second-order valence-corrected chi connectivity index (χ2v) is 9.57. The molecule has 3 fully saturated rings. The van der Waals surface area contributed by atoms with Gasteiger partial charge in [0.25, 0.3) is 0 Å². The van der Waals surface area contributed by atoms with Crippen molar-refractivity contribution in [2.45, 2.75) is 43.7 Å². The van der Waals surface area contributed by atoms with E-state index in [1.165, 1.54) is 12.2 Å². The highest BCUT2D eigenvalue weighted by molar-refractivity contribution is 14.0. The zero-order valence-electron chi connectivity index (χ0n) is 18.4. The Bertz CT molecular complexity index is 649. The number of guanidine groups is 1. The molecule has 3 aliphatic heterocycles. The first-order valence-electron chi connectivity index (χ1n) is 11.4. The highest BCUT2D eigenvalue weighted by Gasteiger charge is 2.40. The Labute approximate surface area is 207 Å². The van der Waals surface area contributed by atoms with Gasteiger partial charge in [0.2, 0.25) is 0 Å². The summed E-state index contributed by atoms with van der Waals surface area (Å²) in [5.41, 5.74) is 0.0796. The van der Waals surface area contributed by atoms with Gasteiger partial charge in [-0.15, -0.1) is 24.0 Å². The second-order valence-electron chi connectivity index (χ2n) is 8.46. The van der Waals surface area contributed by atoms with E-state index in [0.29, 0.717) is 6.04 Å². The smallest absolute Gasteiger partial charge is 0.191 e. The summed E-state index contributed by atoms with van der Waals surface area (Å²) in [7, 11) is 0. The van der Waals surface area contributed by atoms with E-state index in [4.69, 9.17) is 18.9 Å². The minimum Gasteiger partial charge on any atom is -0.469 e. The molecule has 0 aromatic carbocycles. The molecule has 2 N–H and O–H groups in total. The largest absolute Gasteiger partial charge is 0.469 e. The molecule has 4 heterocycles. The van der Waals surface area contributed by atoms with E-state index in [1.54, 1.807) is 6.26 Å². The van der Waals surface area contributed by atoms with Gasteiger partial charge in [0.05, 0.1) is 25.1 Å². The van der Waals surface area contributed by atoms with Crippen molar-refractivity contribution in [2.75, 3.05) is 64.1 Å². The molecule has 9 heteroatoms. The van der Waals surface area contributed by atoms with E-state index >= 15 is 0 Å². The van der Waals surface area contributed by atoms with Gasteiger partial charge >= 0.3 is 0 Å². The molecule has 0 aliphatic carbocycles. The first-order chi connectivity index (χ1) is 14.8. The van der Waals surface area contributed by atoms with Gasteiger partial charge in [-0.05, 0) is 43.6 Å². The summed E-state index contributed by atoms with van der Waals surface area (Å²) >= 11 is 2.02. The van der Waals surface area contributed by atoms with E-state index < -0.39 is 0 Å². The Morgan fingerprint density at radius 3 is 2.97 bits per heavy atom. The first-order valence-corrected chi connectivity index (χ1v) is 12.6. The van der Waals surface area contributed by atoms with E-state index in [-0.39, 0.29) is 29.6 Å². The number of nitrogens with one attached hydrogen (secondary N) is 2. The van der Waals surface area contributed by atoms with Crippen LogP contribution in [0.15, 0.2) is 27.8 Å². The van der Waals surface area contributed by atoms with Crippen molar-refractivity contribution >= 4 is 41.7 Å². The maximum Gasteiger partial charge on any atom is 0.191 e. The van der Waals surface area contributed by atoms with Gasteiger partial charge < -0.3 is 24.5 Å². The van der Waals surface area contributed by atoms with Crippen molar-refractivity contribution in [3.05, 3.63) is 24.2 Å². The number of thioether (sulfide) groups is 1. The third-order valence-corrected chi connectivity index (χ3v) is 7.37. The average Bonchev–Trinajstić information content (AvgIpc) is 3.44. The third kappa shape index (κ3) is 8.10. The standard InChI is InChI=1S/C22H36N4O3S.HI/c1-3-20(28-12-1)4-8-24-21(23-7-2-9-26-10-14-27-15-11-26)25-19-5-13-29-22(17-19)6-16-30-18-22;/h1,3,12,19H,2,4-11,13-18H2,(H2,23,24,25);1H. The summed E-state index contributed by atoms with van der Waals surface area (Å²) in [5.74, 6) is 4.28. The normalized spacial score (nSPS) is 27.2. The number of rotatable bonds is 8. The van der Waals surface area contributed by atoms with Gasteiger partial charge in [-0.25, -0.2) is 0 Å². The topological polar surface area (TPSA) is 71.3 Å². The molecule has 0 bridgehead atoms. The predicted octanol–water partition coefficient (Wildman–Crippen LogP) is 2.75. The Morgan fingerprint density at radius 1 is 1.29 bits per heavy atom. The minimum absolute atomic E-state index is 0. The predicted molar refractivity (Wildman–Crippen MR) is 137 cm³/mol. The quantitative estimate of drug-likeness (QED) is 0.218. The SMILES string of the molecule is I.c1coc(CCNC(=NCCCN2CCOCC2)NC2CCOC3(CCSC3)C2)c1. The van der Waals surface area contributed by atoms with Gasteiger partial charge in [-0.3, -0.25) is 9.89 Å². The van der Waals surface area contributed by atoms with Gasteiger partial charge in [-0.1, -0.05) is 0 Å². The molecule has 7 nitrogen and oxygen atoms in total. The van der Waals surface area contributed by atoms with Crippen LogP contribution in [0.25, 0.3) is 0 Å². The number of nitrogens with zero attached hydrogens (tertiary/aromatic N) is 2. The second kappa shape index (κ2) is 13.3. The minimum atomic E-state index is 0. The summed E-state index contributed by atoms with van der Waals surface area (Å²) in [4.78, 5) is 7.36. The molecular weight excluding hydrogens is 527 g/mol. The van der Waals surface area contributed by atoms with Gasteiger partial charge in [0.15, 0.2) is 5.96 Å². The number of hydrogen-bond acceptors (Lipinski definition) is 6. The van der Waals surface area contributed by atoms with Crippen molar-refractivity contribution in [2.24, 2.45) is 4.99 Å². The van der Waals surface area contributed by atoms with E-state index in [9.17, 15) is 0 Å². The Hall–Kier alpha value is -0.490. The van der Waals surface area contributed by atoms with Crippen molar-refractivity contribution < 1.29 is 13.9 Å². The lowest BCUT2D eigenvalue weighted by molar-refractivity contribution is -0.0679. The number of morpholine rings is 1. The highest BCUT2D eigenvalue weighted by atomic mass is 127. The molecule has 0 radical (unpaired) electrons. The van der Waals surface area contributed by atoms with Crippen LogP contribution in [-0.2, 0) is 15.9 Å². The fourth-order valence-corrected chi connectivity index (χ4v) is 5.81. The number of aliphatic imine (C=N–C) groups is 1. The zero-order valence-corrected chi connectivity index (χ0v) is 21.5. The molecule has 31 heavy (non-hydrogen) atoms. The van der Waals surface area contributed by atoms with Crippen molar-refractivity contribution in [1.82, 2.24) is 15.5 Å². The van der Waals surface area contributed by atoms with E-state index in [1.807, 2.05) is 23.9 Å². The molecule has 3 aliphatic rings. The zero-order chi connectivity index (χ0) is 20.5. The lowest BCUT2D eigenvalue weighted by Crippen LogP contribution is -2.51. The summed E-state index contributed by atoms with van der Waals surface area (Å²) in [6.45, 7) is 7.36. The molecule has 0 saturated carbocycles. The number of furan rings is 1. The molecule has 2 unspecified atom stereocenters. The fraction of sp³-hybridized carbons (Fsp3) is 0.773. The van der Waals surface area contributed by atoms with E-state index in [0.717, 1.165) is 95.7 Å². The molecule has 3 saturated heterocycles. The maximum atomic E-state index is 6.18. The van der Waals surface area contributed by atoms with Crippen LogP contribution < -0.4 is 10.6 Å². The van der Waals surface area contributed by atoms with Crippen LogP contribution in [0.2, 0.25) is 0 Å². The van der Waals surface area contributed by atoms with Crippen LogP contribution in [0.4, 0.5) is 0 Å². The van der Waals surface area contributed by atoms with Gasteiger partial charge in [0.1, 0.15) is 5.76 Å². The summed E-state index contributed by atoms with van der Waals surface area (Å²) in [6, 6.07) is 4.38. The van der Waals surface area contributed by atoms with Crippen LogP contribution in [0.1, 0.15) is 31.4 Å². The number of ether oxygens (including phenoxy) is 2. The van der Waals surface area contributed by atoms with E-state index in [2.05, 4.69) is 15.5 Å². The molecule has 176 valence electrons. The fourth-order valence-electron chi connectivity index (χ4n) is 4.43. The monoisotopic (exact) mass is 564 g/mol. The van der Waals surface area contributed by atoms with Crippen molar-refractivity contribution in [1.29, 1.82) is 0 Å². The summed E-state index contributed by atoms with van der Waals surface area (Å²) in [5, 5.41) is 7.23. The molecule has 2 atom stereocenters. The van der Waals surface area contributed by atoms with Gasteiger partial charge in [-0.2, -0.15) is 11.8 Å². The lowest BCUT2D eigenvalue weighted by Gasteiger charge is -2.38. The highest BCUT2D eigenvalue weighted by Crippen LogP contribution is 2.38. The Kier molecular flexibility index (Phi) is 10.8. The molecule has 1 aromatic heterocycles. The number of hydrogen-bond donors (Lipinski definition) is 2. The van der Waals surface area contributed by atoms with Crippen LogP contribution in [0.3, 0.4) is 0 Å². The lowest BCUT2D eigenvalue weighted by atomic mass is 9.90. The molecular formula is C22H37IN4O3S. The van der Waals surface area contributed by atoms with Crippen molar-refractivity contribution in [3.63, 3.8) is 0 Å². The number of halogens is 1. The van der Waals surface area contributed by atoms with Crippen LogP contribution in [0.5, 0.6) is 0 Å². The Morgan fingerprint density at radius 2 is 2.19 bits per heavy atom. The average molecular weight is 565 g/mol. The summed E-state index contributed by atoms with van der Waals surface area (Å²) in [6.07, 6.45) is 6.95. The van der Waals surface area contributed by atoms with Crippen LogP contribution >= 0.6 is 35.7 Å². The maximum absolute atomic E-state index is 6.18. The molecule has 0 amide bonds. The molecule has 4 rings (SSSR count). The third-order valence-electron chi connectivity index (χ3n) is 6.15. The van der Waals surface area contributed by atoms with Crippen LogP contribution in [0, 0.1) is 0 Å². The molecule has 1 spiro atoms. The first kappa shape index (κ1) is 25.1. The van der Waals surface area contributed by atoms with Gasteiger partial charge in [0, 0.05) is 57.5 Å². The summed E-state index contributed by atoms with van der Waals surface area (Å²) < 4.78 is 17.1. The van der Waals surface area contributed by atoms with Crippen molar-refractivity contribution in [3.8, 4) is 0 Å².